The van der Waals surface area contributed by atoms with Gasteiger partial charge in [-0.1, -0.05) is 121 Å². The minimum absolute atomic E-state index is 0.650. The molecule has 48 heavy (non-hydrogen) atoms. The van der Waals surface area contributed by atoms with Gasteiger partial charge < -0.3 is 4.57 Å². The Morgan fingerprint density at radius 1 is 0.562 bits per heavy atom. The van der Waals surface area contributed by atoms with Gasteiger partial charge in [-0.25, -0.2) is 15.0 Å². The molecule has 5 heteroatoms. The third-order valence-corrected chi connectivity index (χ3v) is 10.7. The van der Waals surface area contributed by atoms with Gasteiger partial charge in [0.05, 0.1) is 16.7 Å². The fraction of sp³-hybridized carbons (Fsp3) is 0.0465. The van der Waals surface area contributed by atoms with Gasteiger partial charge in [-0.15, -0.1) is 11.3 Å². The van der Waals surface area contributed by atoms with Crippen LogP contribution in [0, 0.1) is 0 Å². The quantitative estimate of drug-likeness (QED) is 0.194. The third kappa shape index (κ3) is 4.18. The number of fused-ring (bicyclic) bond motifs is 8. The van der Waals surface area contributed by atoms with E-state index in [1.54, 1.807) is 0 Å². The van der Waals surface area contributed by atoms with E-state index in [0.717, 1.165) is 40.7 Å². The second-order valence-electron chi connectivity index (χ2n) is 12.3. The Morgan fingerprint density at radius 3 is 2.21 bits per heavy atom. The van der Waals surface area contributed by atoms with Crippen LogP contribution in [0.2, 0.25) is 0 Å². The number of aryl methyl sites for hydroxylation is 1. The lowest BCUT2D eigenvalue weighted by molar-refractivity contribution is 1.02. The minimum Gasteiger partial charge on any atom is -0.308 e. The largest absolute Gasteiger partial charge is 0.308 e. The highest BCUT2D eigenvalue weighted by Gasteiger charge is 2.22. The van der Waals surface area contributed by atoms with Crippen molar-refractivity contribution in [2.24, 2.45) is 0 Å². The summed E-state index contributed by atoms with van der Waals surface area (Å²) in [5.41, 5.74) is 7.62. The van der Waals surface area contributed by atoms with E-state index in [2.05, 4.69) is 132 Å². The smallest absolute Gasteiger partial charge is 0.166 e. The van der Waals surface area contributed by atoms with Crippen LogP contribution in [0.15, 0.2) is 140 Å². The Hall–Kier alpha value is -5.91. The van der Waals surface area contributed by atoms with Crippen LogP contribution < -0.4 is 0 Å². The molecular weight excluding hydrogens is 605 g/mol. The molecule has 3 heterocycles. The van der Waals surface area contributed by atoms with Crippen LogP contribution in [0.4, 0.5) is 0 Å². The van der Waals surface area contributed by atoms with Gasteiger partial charge in [0.15, 0.2) is 17.5 Å². The second-order valence-corrected chi connectivity index (χ2v) is 13.4. The van der Waals surface area contributed by atoms with E-state index >= 15 is 0 Å². The topological polar surface area (TPSA) is 43.6 Å². The highest BCUT2D eigenvalue weighted by molar-refractivity contribution is 7.19. The molecule has 226 valence electrons. The average Bonchev–Trinajstić information content (AvgIpc) is 3.71. The fourth-order valence-corrected chi connectivity index (χ4v) is 8.59. The molecule has 0 atom stereocenters. The van der Waals surface area contributed by atoms with Gasteiger partial charge in [0.25, 0.3) is 0 Å². The standard InChI is InChI=1S/C43H28N4S/c1-2-14-28(15-3-1)41-44-42(46-43(45-41)34-20-12-24-38-39(34)33-19-8-11-23-37(33)48-38)32-18-7-10-22-36(32)47-35-21-9-6-17-30(35)31-26-25-27-13-4-5-16-29(27)40(31)47/h1-10,12-22,24-26H,11,23H2. The van der Waals surface area contributed by atoms with Crippen molar-refractivity contribution in [3.8, 4) is 39.9 Å². The molecule has 0 radical (unpaired) electrons. The van der Waals surface area contributed by atoms with Crippen molar-refractivity contribution in [3.63, 3.8) is 0 Å². The zero-order valence-electron chi connectivity index (χ0n) is 26.0. The Bertz CT molecular complexity index is 2740. The number of aromatic nitrogens is 4. The van der Waals surface area contributed by atoms with E-state index in [9.17, 15) is 0 Å². The maximum Gasteiger partial charge on any atom is 0.166 e. The first-order valence-corrected chi connectivity index (χ1v) is 17.2. The van der Waals surface area contributed by atoms with Crippen LogP contribution in [0.5, 0.6) is 0 Å². The second kappa shape index (κ2) is 10.8. The maximum atomic E-state index is 5.32. The van der Waals surface area contributed by atoms with Gasteiger partial charge >= 0.3 is 0 Å². The van der Waals surface area contributed by atoms with E-state index in [1.807, 2.05) is 29.5 Å². The zero-order valence-corrected chi connectivity index (χ0v) is 26.8. The fourth-order valence-electron chi connectivity index (χ4n) is 7.36. The molecule has 0 fully saturated rings. The molecule has 0 unspecified atom stereocenters. The van der Waals surface area contributed by atoms with E-state index in [4.69, 9.17) is 15.0 Å². The summed E-state index contributed by atoms with van der Waals surface area (Å²) < 4.78 is 3.67. The van der Waals surface area contributed by atoms with Gasteiger partial charge in [-0.05, 0) is 48.1 Å². The van der Waals surface area contributed by atoms with Gasteiger partial charge in [-0.3, -0.25) is 0 Å². The first kappa shape index (κ1) is 27.2. The van der Waals surface area contributed by atoms with E-state index < -0.39 is 0 Å². The monoisotopic (exact) mass is 632 g/mol. The molecule has 1 aliphatic carbocycles. The Balaban J connectivity index is 1.28. The van der Waals surface area contributed by atoms with Gasteiger partial charge in [-0.2, -0.15) is 0 Å². The highest BCUT2D eigenvalue weighted by Crippen LogP contribution is 2.42. The van der Waals surface area contributed by atoms with Crippen LogP contribution >= 0.6 is 11.3 Å². The maximum absolute atomic E-state index is 5.32. The van der Waals surface area contributed by atoms with E-state index in [-0.39, 0.29) is 0 Å². The number of hydrogen-bond acceptors (Lipinski definition) is 4. The predicted molar refractivity (Wildman–Crippen MR) is 201 cm³/mol. The molecule has 6 aromatic carbocycles. The van der Waals surface area contributed by atoms with Crippen molar-refractivity contribution >= 4 is 60.1 Å². The summed E-state index contributed by atoms with van der Waals surface area (Å²) in [6, 6.07) is 47.1. The molecule has 0 amide bonds. The normalized spacial score (nSPS) is 12.8. The van der Waals surface area contributed by atoms with Gasteiger partial charge in [0, 0.05) is 47.8 Å². The van der Waals surface area contributed by atoms with Crippen LogP contribution in [0.25, 0.3) is 88.6 Å². The first-order valence-electron chi connectivity index (χ1n) is 16.4. The Labute approximate surface area is 281 Å². The number of nitrogens with zero attached hydrogens (tertiary/aromatic N) is 4. The van der Waals surface area contributed by atoms with Crippen molar-refractivity contribution in [3.05, 3.63) is 150 Å². The lowest BCUT2D eigenvalue weighted by Gasteiger charge is -2.15. The molecule has 1 aliphatic rings. The molecule has 9 aromatic rings. The Kier molecular flexibility index (Phi) is 6.14. The summed E-state index contributed by atoms with van der Waals surface area (Å²) in [4.78, 5) is 17.1. The molecule has 10 rings (SSSR count). The molecular formula is C43H28N4S. The number of hydrogen-bond donors (Lipinski definition) is 0. The molecule has 4 nitrogen and oxygen atoms in total. The molecule has 3 aromatic heterocycles. The number of rotatable bonds is 4. The molecule has 0 aliphatic heterocycles. The van der Waals surface area contributed by atoms with E-state index in [0.29, 0.717) is 17.5 Å². The summed E-state index contributed by atoms with van der Waals surface area (Å²) in [5.74, 6) is 2.00. The summed E-state index contributed by atoms with van der Waals surface area (Å²) in [6.45, 7) is 0. The Morgan fingerprint density at radius 2 is 1.29 bits per heavy atom. The van der Waals surface area contributed by atoms with Crippen molar-refractivity contribution in [2.75, 3.05) is 0 Å². The van der Waals surface area contributed by atoms with Crippen molar-refractivity contribution in [2.45, 2.75) is 12.8 Å². The number of thiophene rings is 1. The van der Waals surface area contributed by atoms with Crippen LogP contribution in [-0.4, -0.2) is 19.5 Å². The average molecular weight is 633 g/mol. The lowest BCUT2D eigenvalue weighted by Crippen LogP contribution is -2.04. The van der Waals surface area contributed by atoms with Crippen molar-refractivity contribution in [1.29, 1.82) is 0 Å². The van der Waals surface area contributed by atoms with Crippen LogP contribution in [-0.2, 0) is 6.42 Å². The van der Waals surface area contributed by atoms with Gasteiger partial charge in [0.1, 0.15) is 0 Å². The molecule has 0 N–H and O–H groups in total. The molecule has 0 bridgehead atoms. The highest BCUT2D eigenvalue weighted by atomic mass is 32.1. The number of allylic oxidation sites excluding steroid dienone is 1. The summed E-state index contributed by atoms with van der Waals surface area (Å²) in [7, 11) is 0. The molecule has 0 saturated heterocycles. The number of benzene rings is 6. The summed E-state index contributed by atoms with van der Waals surface area (Å²) >= 11 is 1.89. The van der Waals surface area contributed by atoms with Crippen LogP contribution in [0.1, 0.15) is 16.9 Å². The summed E-state index contributed by atoms with van der Waals surface area (Å²) in [6.07, 6.45) is 6.72. The van der Waals surface area contributed by atoms with Crippen molar-refractivity contribution < 1.29 is 0 Å². The predicted octanol–water partition coefficient (Wildman–Crippen LogP) is 11.3. The van der Waals surface area contributed by atoms with Gasteiger partial charge in [0.2, 0.25) is 0 Å². The molecule has 0 saturated carbocycles. The van der Waals surface area contributed by atoms with E-state index in [1.165, 1.54) is 47.6 Å². The summed E-state index contributed by atoms with van der Waals surface area (Å²) in [5, 5.41) is 6.09. The minimum atomic E-state index is 0.650. The lowest BCUT2D eigenvalue weighted by atomic mass is 9.99. The molecule has 0 spiro atoms. The first-order chi connectivity index (χ1) is 23.8. The zero-order chi connectivity index (χ0) is 31.6. The van der Waals surface area contributed by atoms with Crippen LogP contribution in [0.3, 0.4) is 0 Å². The number of para-hydroxylation sites is 2. The SMILES string of the molecule is C1=Cc2c(sc3cccc(-c4nc(-c5ccccc5)nc(-c5ccccc5-n5c6ccccc6c6ccc7ccccc7c65)n4)c23)CC1. The third-order valence-electron chi connectivity index (χ3n) is 9.51. The van der Waals surface area contributed by atoms with Crippen molar-refractivity contribution in [1.82, 2.24) is 19.5 Å².